The third kappa shape index (κ3) is 3.80. The fourth-order valence-corrected chi connectivity index (χ4v) is 3.50. The molecule has 0 saturated heterocycles. The van der Waals surface area contributed by atoms with Gasteiger partial charge in [0.2, 0.25) is 0 Å². The third-order valence-electron chi connectivity index (χ3n) is 3.54. The summed E-state index contributed by atoms with van der Waals surface area (Å²) in [6.07, 6.45) is 0. The average molecular weight is 380 g/mol. The van der Waals surface area contributed by atoms with E-state index in [0.717, 1.165) is 16.3 Å². The third-order valence-corrected chi connectivity index (χ3v) is 4.98. The first-order valence-corrected chi connectivity index (χ1v) is 9.00. The minimum absolute atomic E-state index is 0.222. The molecular weight excluding hydrogens is 365 g/mol. The zero-order chi connectivity index (χ0) is 17.1. The predicted octanol–water partition coefficient (Wildman–Crippen LogP) is 4.66. The molecule has 0 saturated carbocycles. The van der Waals surface area contributed by atoms with Gasteiger partial charge in [-0.25, -0.2) is 0 Å². The van der Waals surface area contributed by atoms with Crippen molar-refractivity contribution < 1.29 is 4.79 Å². The number of hydrogen-bond acceptors (Lipinski definition) is 3. The van der Waals surface area contributed by atoms with Gasteiger partial charge in [-0.3, -0.25) is 9.48 Å². The second-order valence-corrected chi connectivity index (χ2v) is 7.04. The molecule has 4 nitrogen and oxygen atoms in total. The Morgan fingerprint density at radius 3 is 2.83 bits per heavy atom. The molecule has 2 aromatic heterocycles. The fraction of sp³-hybridized carbons (Fsp3) is 0.176. The van der Waals surface area contributed by atoms with E-state index in [-0.39, 0.29) is 5.91 Å². The number of thiophene rings is 1. The first-order valence-electron chi connectivity index (χ1n) is 7.36. The molecule has 0 aliphatic rings. The molecule has 1 amide bonds. The number of nitrogens with zero attached hydrogens (tertiary/aromatic N) is 2. The summed E-state index contributed by atoms with van der Waals surface area (Å²) in [5.74, 6) is -0.222. The largest absolute Gasteiger partial charge is 0.350 e. The van der Waals surface area contributed by atoms with Crippen LogP contribution in [0.5, 0.6) is 0 Å². The van der Waals surface area contributed by atoms with Gasteiger partial charge in [0.15, 0.2) is 0 Å². The maximum absolute atomic E-state index is 12.2. The van der Waals surface area contributed by atoms with E-state index in [1.165, 1.54) is 0 Å². The van der Waals surface area contributed by atoms with E-state index in [4.69, 9.17) is 23.2 Å². The van der Waals surface area contributed by atoms with E-state index < -0.39 is 0 Å². The van der Waals surface area contributed by atoms with Crippen molar-refractivity contribution in [1.29, 1.82) is 0 Å². The van der Waals surface area contributed by atoms with Gasteiger partial charge in [-0.2, -0.15) is 5.10 Å². The van der Waals surface area contributed by atoms with Gasteiger partial charge in [-0.15, -0.1) is 11.3 Å². The standard InChI is InChI=1S/C17H15Cl2N3OS/c1-11-9-15(16-3-2-8-24-16)21-22(11)7-6-20-17(23)13-5-4-12(18)10-14(13)19/h2-5,8-10H,6-7H2,1H3,(H,20,23). The summed E-state index contributed by atoms with van der Waals surface area (Å²) in [5.41, 5.74) is 2.42. The molecule has 2 heterocycles. The Kier molecular flexibility index (Phi) is 5.23. The van der Waals surface area contributed by atoms with E-state index >= 15 is 0 Å². The number of halogens is 2. The summed E-state index contributed by atoms with van der Waals surface area (Å²) in [6.45, 7) is 3.06. The van der Waals surface area contributed by atoms with Crippen molar-refractivity contribution in [3.05, 3.63) is 63.1 Å². The average Bonchev–Trinajstić information content (AvgIpc) is 3.17. The Morgan fingerprint density at radius 2 is 2.12 bits per heavy atom. The summed E-state index contributed by atoms with van der Waals surface area (Å²) < 4.78 is 1.89. The van der Waals surface area contributed by atoms with Crippen molar-refractivity contribution in [2.24, 2.45) is 0 Å². The molecular formula is C17H15Cl2N3OS. The fourth-order valence-electron chi connectivity index (χ4n) is 2.33. The Hall–Kier alpha value is -1.82. The number of rotatable bonds is 5. The summed E-state index contributed by atoms with van der Waals surface area (Å²) in [5, 5.41) is 10.3. The highest BCUT2D eigenvalue weighted by Gasteiger charge is 2.11. The van der Waals surface area contributed by atoms with E-state index in [2.05, 4.69) is 10.4 Å². The summed E-state index contributed by atoms with van der Waals surface area (Å²) >= 11 is 13.5. The van der Waals surface area contributed by atoms with Crippen LogP contribution in [0.15, 0.2) is 41.8 Å². The molecule has 0 bridgehead atoms. The highest BCUT2D eigenvalue weighted by Crippen LogP contribution is 2.24. The quantitative estimate of drug-likeness (QED) is 0.700. The van der Waals surface area contributed by atoms with Crippen LogP contribution in [-0.4, -0.2) is 22.2 Å². The second kappa shape index (κ2) is 7.38. The summed E-state index contributed by atoms with van der Waals surface area (Å²) in [6, 6.07) is 10.9. The van der Waals surface area contributed by atoms with Crippen LogP contribution in [0.3, 0.4) is 0 Å². The number of benzene rings is 1. The zero-order valence-electron chi connectivity index (χ0n) is 12.9. The zero-order valence-corrected chi connectivity index (χ0v) is 15.3. The maximum Gasteiger partial charge on any atom is 0.252 e. The van der Waals surface area contributed by atoms with Crippen molar-refractivity contribution in [2.75, 3.05) is 6.54 Å². The van der Waals surface area contributed by atoms with Crippen LogP contribution in [0.1, 0.15) is 16.1 Å². The molecule has 3 rings (SSSR count). The molecule has 1 N–H and O–H groups in total. The highest BCUT2D eigenvalue weighted by atomic mass is 35.5. The minimum atomic E-state index is -0.222. The molecule has 0 radical (unpaired) electrons. The lowest BCUT2D eigenvalue weighted by atomic mass is 10.2. The number of carbonyl (C=O) groups is 1. The predicted molar refractivity (Wildman–Crippen MR) is 99.1 cm³/mol. The monoisotopic (exact) mass is 379 g/mol. The Bertz CT molecular complexity index is 859. The second-order valence-electron chi connectivity index (χ2n) is 5.25. The Balaban J connectivity index is 1.61. The molecule has 0 spiro atoms. The topological polar surface area (TPSA) is 46.9 Å². The molecule has 0 fully saturated rings. The molecule has 0 atom stereocenters. The number of carbonyl (C=O) groups excluding carboxylic acids is 1. The van der Waals surface area contributed by atoms with Gasteiger partial charge in [0.25, 0.3) is 5.91 Å². The van der Waals surface area contributed by atoms with Gasteiger partial charge < -0.3 is 5.32 Å². The first-order chi connectivity index (χ1) is 11.5. The normalized spacial score (nSPS) is 10.8. The van der Waals surface area contributed by atoms with Crippen molar-refractivity contribution >= 4 is 40.4 Å². The number of aromatic nitrogens is 2. The van der Waals surface area contributed by atoms with Gasteiger partial charge in [0.05, 0.1) is 22.0 Å². The first kappa shape index (κ1) is 17.0. The van der Waals surface area contributed by atoms with Crippen molar-refractivity contribution in [3.8, 4) is 10.6 Å². The molecule has 124 valence electrons. The molecule has 24 heavy (non-hydrogen) atoms. The number of aryl methyl sites for hydroxylation is 1. The molecule has 0 aliphatic carbocycles. The minimum Gasteiger partial charge on any atom is -0.350 e. The van der Waals surface area contributed by atoms with Crippen LogP contribution in [0.4, 0.5) is 0 Å². The van der Waals surface area contributed by atoms with E-state index in [0.29, 0.717) is 28.7 Å². The Labute approximate surface area is 154 Å². The van der Waals surface area contributed by atoms with Crippen LogP contribution in [-0.2, 0) is 6.54 Å². The Morgan fingerprint density at radius 1 is 1.29 bits per heavy atom. The lowest BCUT2D eigenvalue weighted by molar-refractivity contribution is 0.0952. The SMILES string of the molecule is Cc1cc(-c2cccs2)nn1CCNC(=O)c1ccc(Cl)cc1Cl. The maximum atomic E-state index is 12.2. The van der Waals surface area contributed by atoms with E-state index in [1.54, 1.807) is 29.5 Å². The molecule has 0 unspecified atom stereocenters. The smallest absolute Gasteiger partial charge is 0.252 e. The van der Waals surface area contributed by atoms with Gasteiger partial charge in [0, 0.05) is 17.3 Å². The molecule has 3 aromatic rings. The molecule has 0 aliphatic heterocycles. The summed E-state index contributed by atoms with van der Waals surface area (Å²) in [4.78, 5) is 13.3. The lowest BCUT2D eigenvalue weighted by Crippen LogP contribution is -2.28. The number of nitrogens with one attached hydrogen (secondary N) is 1. The molecule has 7 heteroatoms. The summed E-state index contributed by atoms with van der Waals surface area (Å²) in [7, 11) is 0. The van der Waals surface area contributed by atoms with Gasteiger partial charge in [0.1, 0.15) is 5.69 Å². The van der Waals surface area contributed by atoms with Gasteiger partial charge in [-0.1, -0.05) is 29.3 Å². The molecule has 1 aromatic carbocycles. The van der Waals surface area contributed by atoms with Crippen LogP contribution in [0, 0.1) is 6.92 Å². The highest BCUT2D eigenvalue weighted by molar-refractivity contribution is 7.13. The van der Waals surface area contributed by atoms with Crippen molar-refractivity contribution in [2.45, 2.75) is 13.5 Å². The van der Waals surface area contributed by atoms with Crippen LogP contribution < -0.4 is 5.32 Å². The van der Waals surface area contributed by atoms with Gasteiger partial charge >= 0.3 is 0 Å². The van der Waals surface area contributed by atoms with E-state index in [9.17, 15) is 4.79 Å². The number of hydrogen-bond donors (Lipinski definition) is 1. The van der Waals surface area contributed by atoms with E-state index in [1.807, 2.05) is 35.2 Å². The van der Waals surface area contributed by atoms with Crippen molar-refractivity contribution in [1.82, 2.24) is 15.1 Å². The van der Waals surface area contributed by atoms with Crippen LogP contribution in [0.2, 0.25) is 10.0 Å². The van der Waals surface area contributed by atoms with Crippen LogP contribution in [0.25, 0.3) is 10.6 Å². The van der Waals surface area contributed by atoms with Crippen molar-refractivity contribution in [3.63, 3.8) is 0 Å². The van der Waals surface area contributed by atoms with Crippen LogP contribution >= 0.6 is 34.5 Å². The number of amides is 1. The lowest BCUT2D eigenvalue weighted by Gasteiger charge is -2.08. The van der Waals surface area contributed by atoms with Gasteiger partial charge in [-0.05, 0) is 42.6 Å².